The number of aryl methyl sites for hydroxylation is 1. The van der Waals surface area contributed by atoms with Gasteiger partial charge >= 0.3 is 0 Å². The molecule has 0 bridgehead atoms. The lowest BCUT2D eigenvalue weighted by Gasteiger charge is -2.23. The Morgan fingerprint density at radius 3 is 2.82 bits per heavy atom. The van der Waals surface area contributed by atoms with Crippen molar-refractivity contribution in [2.75, 3.05) is 6.54 Å². The van der Waals surface area contributed by atoms with Crippen LogP contribution in [0, 0.1) is 18.3 Å². The van der Waals surface area contributed by atoms with E-state index in [1.165, 1.54) is 15.3 Å². The maximum atomic E-state index is 10.2. The molecule has 2 aromatic carbocycles. The number of fused-ring (bicyclic) bond motifs is 1. The van der Waals surface area contributed by atoms with E-state index in [9.17, 15) is 10.4 Å². The van der Waals surface area contributed by atoms with Gasteiger partial charge in [0.25, 0.3) is 0 Å². The van der Waals surface area contributed by atoms with Crippen molar-refractivity contribution in [2.24, 2.45) is 4.99 Å². The van der Waals surface area contributed by atoms with Crippen molar-refractivity contribution in [3.8, 4) is 11.8 Å². The van der Waals surface area contributed by atoms with Crippen molar-refractivity contribution in [3.05, 3.63) is 81.2 Å². The monoisotopic (exact) mass is 388 g/mol. The quantitative estimate of drug-likeness (QED) is 0.672. The number of thiophene rings is 1. The first kappa shape index (κ1) is 18.4. The van der Waals surface area contributed by atoms with Crippen LogP contribution in [0.15, 0.2) is 53.5 Å². The minimum Gasteiger partial charge on any atom is -0.507 e. The smallest absolute Gasteiger partial charge is 0.134 e. The van der Waals surface area contributed by atoms with Crippen LogP contribution in [0.3, 0.4) is 0 Å². The number of rotatable bonds is 4. The van der Waals surface area contributed by atoms with Gasteiger partial charge < -0.3 is 10.0 Å². The van der Waals surface area contributed by atoms with Gasteiger partial charge in [0.1, 0.15) is 29.9 Å². The second-order valence-electron chi connectivity index (χ2n) is 7.16. The average Bonchev–Trinajstić information content (AvgIpc) is 3.06. The zero-order valence-corrected chi connectivity index (χ0v) is 16.6. The van der Waals surface area contributed by atoms with Crippen LogP contribution in [0.1, 0.15) is 32.7 Å². The number of phenols is 1. The molecule has 0 saturated heterocycles. The van der Waals surface area contributed by atoms with E-state index in [2.05, 4.69) is 35.3 Å². The van der Waals surface area contributed by atoms with E-state index < -0.39 is 0 Å². The number of nitrogens with one attached hydrogen (secondary N) is 1. The zero-order valence-electron chi connectivity index (χ0n) is 15.8. The molecule has 1 unspecified atom stereocenters. The summed E-state index contributed by atoms with van der Waals surface area (Å²) in [7, 11) is 0. The molecule has 2 heterocycles. The van der Waals surface area contributed by atoms with Crippen molar-refractivity contribution in [1.82, 2.24) is 0 Å². The minimum absolute atomic E-state index is 0.240. The average molecular weight is 389 g/mol. The maximum Gasteiger partial charge on any atom is 0.134 e. The van der Waals surface area contributed by atoms with Gasteiger partial charge in [-0.1, -0.05) is 42.5 Å². The van der Waals surface area contributed by atoms with Crippen LogP contribution in [0.2, 0.25) is 0 Å². The summed E-state index contributed by atoms with van der Waals surface area (Å²) >= 11 is 1.61. The number of nitrogens with zero attached hydrogens (tertiary/aromatic N) is 2. The topological polar surface area (TPSA) is 60.8 Å². The molecule has 0 saturated carbocycles. The largest absolute Gasteiger partial charge is 0.507 e. The van der Waals surface area contributed by atoms with Gasteiger partial charge in [-0.15, -0.1) is 11.3 Å². The molecule has 3 aromatic rings. The molecular weight excluding hydrogens is 366 g/mol. The molecule has 1 aliphatic heterocycles. The Labute approximate surface area is 169 Å². The fraction of sp³-hybridized carbons (Fsp3) is 0.217. The zero-order chi connectivity index (χ0) is 19.5. The number of hydrogen-bond acceptors (Lipinski definition) is 4. The lowest BCUT2D eigenvalue weighted by Crippen LogP contribution is -3.10. The van der Waals surface area contributed by atoms with E-state index in [4.69, 9.17) is 0 Å². The number of quaternary nitrogens is 1. The predicted molar refractivity (Wildman–Crippen MR) is 113 cm³/mol. The molecule has 4 nitrogen and oxygen atoms in total. The number of benzene rings is 2. The Kier molecular flexibility index (Phi) is 5.25. The molecule has 1 aromatic heterocycles. The summed E-state index contributed by atoms with van der Waals surface area (Å²) in [6, 6.07) is 18.5. The molecule has 5 heteroatoms. The lowest BCUT2D eigenvalue weighted by atomic mass is 10.0. The van der Waals surface area contributed by atoms with E-state index in [1.807, 2.05) is 31.2 Å². The number of nitriles is 1. The Balaban J connectivity index is 1.57. The molecule has 0 fully saturated rings. The van der Waals surface area contributed by atoms with Crippen molar-refractivity contribution in [3.63, 3.8) is 0 Å². The number of phenolic OH excluding ortho intramolecular Hbond substituents is 1. The second kappa shape index (κ2) is 7.97. The molecule has 0 radical (unpaired) electrons. The van der Waals surface area contributed by atoms with Crippen molar-refractivity contribution in [1.29, 1.82) is 5.26 Å². The molecule has 0 aliphatic carbocycles. The highest BCUT2D eigenvalue weighted by atomic mass is 32.1. The molecule has 1 atom stereocenters. The SMILES string of the molecule is Cc1cccc(/C=N/c2sc3c(c2C#N)CC[NH+](Cc2ccccc2)C3)c1O. The predicted octanol–water partition coefficient (Wildman–Crippen LogP) is 3.53. The second-order valence-corrected chi connectivity index (χ2v) is 8.24. The number of hydrogen-bond donors (Lipinski definition) is 2. The van der Waals surface area contributed by atoms with E-state index in [-0.39, 0.29) is 5.75 Å². The van der Waals surface area contributed by atoms with Gasteiger partial charge in [0.15, 0.2) is 0 Å². The van der Waals surface area contributed by atoms with Crippen LogP contribution in [-0.4, -0.2) is 17.9 Å². The summed E-state index contributed by atoms with van der Waals surface area (Å²) in [4.78, 5) is 7.33. The van der Waals surface area contributed by atoms with E-state index >= 15 is 0 Å². The first-order valence-electron chi connectivity index (χ1n) is 9.40. The first-order valence-corrected chi connectivity index (χ1v) is 10.2. The van der Waals surface area contributed by atoms with Gasteiger partial charge in [-0.3, -0.25) is 0 Å². The summed E-state index contributed by atoms with van der Waals surface area (Å²) in [5.74, 6) is 0.240. The van der Waals surface area contributed by atoms with E-state index in [0.717, 1.165) is 42.2 Å². The summed E-state index contributed by atoms with van der Waals surface area (Å²) < 4.78 is 0. The first-order chi connectivity index (χ1) is 13.7. The van der Waals surface area contributed by atoms with Crippen molar-refractivity contribution >= 4 is 22.6 Å². The highest BCUT2D eigenvalue weighted by Crippen LogP contribution is 2.36. The highest BCUT2D eigenvalue weighted by Gasteiger charge is 2.26. The summed E-state index contributed by atoms with van der Waals surface area (Å²) in [5, 5.41) is 20.6. The van der Waals surface area contributed by atoms with Crippen LogP contribution < -0.4 is 4.90 Å². The van der Waals surface area contributed by atoms with Crippen LogP contribution in [-0.2, 0) is 19.5 Å². The third-order valence-corrected chi connectivity index (χ3v) is 6.35. The fourth-order valence-electron chi connectivity index (χ4n) is 3.68. The van der Waals surface area contributed by atoms with E-state index in [0.29, 0.717) is 11.1 Å². The van der Waals surface area contributed by atoms with Crippen molar-refractivity contribution < 1.29 is 10.0 Å². The third kappa shape index (κ3) is 3.70. The summed E-state index contributed by atoms with van der Waals surface area (Å²) in [6.07, 6.45) is 2.57. The lowest BCUT2D eigenvalue weighted by molar-refractivity contribution is -0.929. The maximum absolute atomic E-state index is 10.2. The molecule has 140 valence electrons. The molecular formula is C23H22N3OS+. The normalized spacial score (nSPS) is 16.1. The Bertz CT molecular complexity index is 1060. The van der Waals surface area contributed by atoms with Gasteiger partial charge in [-0.2, -0.15) is 5.26 Å². The van der Waals surface area contributed by atoms with Crippen LogP contribution in [0.5, 0.6) is 5.75 Å². The fourth-order valence-corrected chi connectivity index (χ4v) is 4.89. The molecule has 28 heavy (non-hydrogen) atoms. The van der Waals surface area contributed by atoms with Gasteiger partial charge in [0.2, 0.25) is 0 Å². The molecule has 1 aliphatic rings. The molecule has 0 spiro atoms. The third-order valence-electron chi connectivity index (χ3n) is 5.21. The van der Waals surface area contributed by atoms with E-state index in [1.54, 1.807) is 17.6 Å². The highest BCUT2D eigenvalue weighted by molar-refractivity contribution is 7.16. The summed E-state index contributed by atoms with van der Waals surface area (Å²) in [5.41, 5.74) is 4.68. The standard InChI is InChI=1S/C23H21N3OS/c1-16-6-5-9-18(22(16)27)13-25-23-20(12-24)19-10-11-26(15-21(19)28-23)14-17-7-3-2-4-8-17/h2-9,13,27H,10-11,14-15H2,1H3/p+1/b25-13+. The molecule has 4 rings (SSSR count). The Morgan fingerprint density at radius 2 is 2.04 bits per heavy atom. The Morgan fingerprint density at radius 1 is 1.21 bits per heavy atom. The molecule has 2 N–H and O–H groups in total. The Hall–Kier alpha value is -2.94. The van der Waals surface area contributed by atoms with Gasteiger partial charge in [-0.05, 0) is 24.1 Å². The molecule has 0 amide bonds. The number of aromatic hydroxyl groups is 1. The van der Waals surface area contributed by atoms with Gasteiger partial charge in [-0.25, -0.2) is 4.99 Å². The van der Waals surface area contributed by atoms with Crippen LogP contribution >= 0.6 is 11.3 Å². The van der Waals surface area contributed by atoms with Gasteiger partial charge in [0.05, 0.1) is 17.0 Å². The van der Waals surface area contributed by atoms with Gasteiger partial charge in [0, 0.05) is 23.8 Å². The van der Waals surface area contributed by atoms with Crippen LogP contribution in [0.25, 0.3) is 0 Å². The minimum atomic E-state index is 0.240. The van der Waals surface area contributed by atoms with Crippen molar-refractivity contribution in [2.45, 2.75) is 26.4 Å². The summed E-state index contributed by atoms with van der Waals surface area (Å²) in [6.45, 7) is 4.81. The number of para-hydroxylation sites is 1. The number of aliphatic imine (C=N–C) groups is 1. The van der Waals surface area contributed by atoms with Crippen LogP contribution in [0.4, 0.5) is 5.00 Å².